The quantitative estimate of drug-likeness (QED) is 0.357. The molecule has 0 unspecified atom stereocenters. The van der Waals surface area contributed by atoms with E-state index in [1.165, 1.54) is 13.0 Å². The number of carbonyl (C=O) groups is 2. The number of aliphatic carboxylic acids is 1. The summed E-state index contributed by atoms with van der Waals surface area (Å²) < 4.78 is 44.6. The maximum Gasteiger partial charge on any atom is 0.416 e. The Labute approximate surface area is 207 Å². The van der Waals surface area contributed by atoms with Crippen LogP contribution in [0.3, 0.4) is 0 Å². The van der Waals surface area contributed by atoms with Gasteiger partial charge in [-0.1, -0.05) is 12.1 Å². The summed E-state index contributed by atoms with van der Waals surface area (Å²) in [6, 6.07) is 14.3. The fourth-order valence-electron chi connectivity index (χ4n) is 3.93. The van der Waals surface area contributed by atoms with Crippen LogP contribution in [0.15, 0.2) is 54.6 Å². The van der Waals surface area contributed by atoms with Crippen LogP contribution in [0.2, 0.25) is 0 Å². The highest BCUT2D eigenvalue weighted by Crippen LogP contribution is 2.30. The zero-order valence-electron chi connectivity index (χ0n) is 20.3. The summed E-state index contributed by atoms with van der Waals surface area (Å²) in [7, 11) is 0. The molecule has 0 atom stereocenters. The van der Waals surface area contributed by atoms with E-state index < -0.39 is 23.6 Å². The van der Waals surface area contributed by atoms with E-state index in [9.17, 15) is 22.8 Å². The average Bonchev–Trinajstić information content (AvgIpc) is 2.77. The monoisotopic (exact) mass is 499 g/mol. The number of hydrogen-bond donors (Lipinski definition) is 2. The van der Waals surface area contributed by atoms with E-state index in [2.05, 4.69) is 5.32 Å². The molecule has 190 valence electrons. The predicted molar refractivity (Wildman–Crippen MR) is 131 cm³/mol. The van der Waals surface area contributed by atoms with E-state index in [4.69, 9.17) is 9.84 Å². The number of benzene rings is 3. The van der Waals surface area contributed by atoms with Gasteiger partial charge in [-0.05, 0) is 104 Å². The maximum atomic E-state index is 12.9. The SMILES string of the molecule is Cc1cc(CCNC(=O)c2ccc(C(F)(F)F)cc2C)cc(Oc2ccc(CCC(=O)O)c(C)c2)c1. The van der Waals surface area contributed by atoms with E-state index in [-0.39, 0.29) is 17.5 Å². The number of carbonyl (C=O) groups excluding carboxylic acids is 1. The minimum Gasteiger partial charge on any atom is -0.481 e. The van der Waals surface area contributed by atoms with Gasteiger partial charge in [-0.15, -0.1) is 0 Å². The van der Waals surface area contributed by atoms with Crippen molar-refractivity contribution in [3.05, 3.63) is 93.5 Å². The molecule has 3 rings (SSSR count). The third-order valence-electron chi connectivity index (χ3n) is 5.77. The molecule has 0 aliphatic rings. The third-order valence-corrected chi connectivity index (χ3v) is 5.77. The lowest BCUT2D eigenvalue weighted by Gasteiger charge is -2.13. The van der Waals surface area contributed by atoms with Gasteiger partial charge in [0.1, 0.15) is 11.5 Å². The van der Waals surface area contributed by atoms with Gasteiger partial charge in [0.05, 0.1) is 5.56 Å². The van der Waals surface area contributed by atoms with Gasteiger partial charge in [-0.3, -0.25) is 9.59 Å². The smallest absolute Gasteiger partial charge is 0.416 e. The molecule has 0 saturated heterocycles. The zero-order chi connectivity index (χ0) is 26.5. The standard InChI is InChI=1S/C28H28F3NO4/c1-17-12-20(10-11-32-27(35)25-8-6-22(14-19(25)3)28(29,30)31)16-24(13-17)36-23-7-4-21(18(2)15-23)5-9-26(33)34/h4,6-8,12-16H,5,9-11H2,1-3H3,(H,32,35)(H,33,34). The first kappa shape index (κ1) is 26.8. The Morgan fingerprint density at radius 2 is 1.64 bits per heavy atom. The molecule has 0 saturated carbocycles. The molecular weight excluding hydrogens is 471 g/mol. The maximum absolute atomic E-state index is 12.9. The van der Waals surface area contributed by atoms with E-state index in [0.29, 0.717) is 30.9 Å². The lowest BCUT2D eigenvalue weighted by Crippen LogP contribution is -2.26. The van der Waals surface area contributed by atoms with Crippen molar-refractivity contribution in [2.24, 2.45) is 0 Å². The molecule has 0 aromatic heterocycles. The number of carboxylic acids is 1. The Balaban J connectivity index is 1.61. The molecule has 3 aromatic rings. The van der Waals surface area contributed by atoms with Gasteiger partial charge in [0.2, 0.25) is 0 Å². The fraction of sp³-hybridized carbons (Fsp3) is 0.286. The van der Waals surface area contributed by atoms with Gasteiger partial charge in [0.25, 0.3) is 5.91 Å². The van der Waals surface area contributed by atoms with Crippen molar-refractivity contribution in [3.63, 3.8) is 0 Å². The van der Waals surface area contributed by atoms with Crippen LogP contribution in [0, 0.1) is 20.8 Å². The van der Waals surface area contributed by atoms with Crippen molar-refractivity contribution in [2.45, 2.75) is 46.2 Å². The van der Waals surface area contributed by atoms with Gasteiger partial charge in [0.15, 0.2) is 0 Å². The Hall–Kier alpha value is -3.81. The fourth-order valence-corrected chi connectivity index (χ4v) is 3.93. The Kier molecular flexibility index (Phi) is 8.40. The summed E-state index contributed by atoms with van der Waals surface area (Å²) in [4.78, 5) is 23.3. The number of rotatable bonds is 9. The number of halogens is 3. The molecule has 0 spiro atoms. The van der Waals surface area contributed by atoms with E-state index >= 15 is 0 Å². The predicted octanol–water partition coefficient (Wildman–Crippen LogP) is 6.41. The van der Waals surface area contributed by atoms with Crippen LogP contribution in [-0.4, -0.2) is 23.5 Å². The molecule has 0 aliphatic carbocycles. The van der Waals surface area contributed by atoms with Gasteiger partial charge < -0.3 is 15.2 Å². The van der Waals surface area contributed by atoms with Crippen LogP contribution in [0.25, 0.3) is 0 Å². The van der Waals surface area contributed by atoms with Crippen LogP contribution >= 0.6 is 0 Å². The number of alkyl halides is 3. The molecule has 0 aliphatic heterocycles. The highest BCUT2D eigenvalue weighted by Gasteiger charge is 2.31. The van der Waals surface area contributed by atoms with Crippen LogP contribution in [0.1, 0.15) is 50.2 Å². The average molecular weight is 500 g/mol. The second-order valence-electron chi connectivity index (χ2n) is 8.77. The topological polar surface area (TPSA) is 75.6 Å². The lowest BCUT2D eigenvalue weighted by atomic mass is 10.0. The molecule has 1 amide bonds. The van der Waals surface area contributed by atoms with Crippen molar-refractivity contribution >= 4 is 11.9 Å². The van der Waals surface area contributed by atoms with Gasteiger partial charge in [-0.2, -0.15) is 13.2 Å². The Morgan fingerprint density at radius 1 is 0.889 bits per heavy atom. The molecule has 36 heavy (non-hydrogen) atoms. The molecule has 2 N–H and O–H groups in total. The summed E-state index contributed by atoms with van der Waals surface area (Å²) >= 11 is 0. The van der Waals surface area contributed by atoms with Crippen molar-refractivity contribution in [2.75, 3.05) is 6.54 Å². The highest BCUT2D eigenvalue weighted by atomic mass is 19.4. The number of nitrogens with one attached hydrogen (secondary N) is 1. The first-order valence-corrected chi connectivity index (χ1v) is 11.5. The zero-order valence-corrected chi connectivity index (χ0v) is 20.3. The van der Waals surface area contributed by atoms with Crippen molar-refractivity contribution in [1.82, 2.24) is 5.32 Å². The number of carboxylic acid groups (broad SMARTS) is 1. The summed E-state index contributed by atoms with van der Waals surface area (Å²) in [6.07, 6.45) is -3.42. The first-order chi connectivity index (χ1) is 16.9. The summed E-state index contributed by atoms with van der Waals surface area (Å²) in [5.74, 6) is -0.00156. The van der Waals surface area contributed by atoms with Crippen LogP contribution in [0.4, 0.5) is 13.2 Å². The third kappa shape index (κ3) is 7.34. The molecule has 0 fully saturated rings. The van der Waals surface area contributed by atoms with Crippen molar-refractivity contribution < 1.29 is 32.6 Å². The van der Waals surface area contributed by atoms with E-state index in [1.54, 1.807) is 6.07 Å². The summed E-state index contributed by atoms with van der Waals surface area (Å²) in [5.41, 5.74) is 3.49. The van der Waals surface area contributed by atoms with Crippen LogP contribution in [0.5, 0.6) is 11.5 Å². The number of ether oxygens (including phenoxy) is 1. The largest absolute Gasteiger partial charge is 0.481 e. The minimum atomic E-state index is -4.45. The molecular formula is C28H28F3NO4. The van der Waals surface area contributed by atoms with Crippen molar-refractivity contribution in [3.8, 4) is 11.5 Å². The molecule has 5 nitrogen and oxygen atoms in total. The second-order valence-corrected chi connectivity index (χ2v) is 8.77. The Bertz CT molecular complexity index is 1270. The number of aryl methyl sites for hydroxylation is 4. The number of hydrogen-bond acceptors (Lipinski definition) is 3. The molecule has 0 bridgehead atoms. The van der Waals surface area contributed by atoms with E-state index in [1.807, 2.05) is 44.2 Å². The minimum absolute atomic E-state index is 0.0667. The van der Waals surface area contributed by atoms with Crippen molar-refractivity contribution in [1.29, 1.82) is 0 Å². The number of amides is 1. The van der Waals surface area contributed by atoms with Crippen LogP contribution in [-0.2, 0) is 23.8 Å². The normalized spacial score (nSPS) is 11.3. The molecule has 0 heterocycles. The molecule has 8 heteroatoms. The molecule has 0 radical (unpaired) electrons. The van der Waals surface area contributed by atoms with Gasteiger partial charge >= 0.3 is 12.1 Å². The first-order valence-electron chi connectivity index (χ1n) is 11.5. The highest BCUT2D eigenvalue weighted by molar-refractivity contribution is 5.95. The van der Waals surface area contributed by atoms with Gasteiger partial charge in [-0.25, -0.2) is 0 Å². The van der Waals surface area contributed by atoms with E-state index in [0.717, 1.165) is 34.4 Å². The summed E-state index contributed by atoms with van der Waals surface area (Å²) in [6.45, 7) is 5.63. The van der Waals surface area contributed by atoms with Gasteiger partial charge in [0, 0.05) is 18.5 Å². The summed E-state index contributed by atoms with van der Waals surface area (Å²) in [5, 5.41) is 11.6. The second kappa shape index (κ2) is 11.3. The van der Waals surface area contributed by atoms with Crippen LogP contribution < -0.4 is 10.1 Å². The Morgan fingerprint density at radius 3 is 2.28 bits per heavy atom. The lowest BCUT2D eigenvalue weighted by molar-refractivity contribution is -0.138. The molecule has 3 aromatic carbocycles.